The van der Waals surface area contributed by atoms with Gasteiger partial charge in [-0.1, -0.05) is 48.5 Å². The van der Waals surface area contributed by atoms with Crippen molar-refractivity contribution in [2.45, 2.75) is 18.8 Å². The summed E-state index contributed by atoms with van der Waals surface area (Å²) in [6.45, 7) is 0.399. The third kappa shape index (κ3) is 4.10. The Morgan fingerprint density at radius 3 is 2.34 bits per heavy atom. The number of carbonyl (C=O) groups excluding carboxylic acids is 1. The maximum atomic E-state index is 13.0. The zero-order valence-electron chi connectivity index (χ0n) is 16.3. The summed E-state index contributed by atoms with van der Waals surface area (Å²) in [7, 11) is 3.17. The van der Waals surface area contributed by atoms with Gasteiger partial charge < -0.3 is 18.9 Å². The quantitative estimate of drug-likeness (QED) is 0.415. The maximum Gasteiger partial charge on any atom is 0.198 e. The first-order valence-corrected chi connectivity index (χ1v) is 9.38. The van der Waals surface area contributed by atoms with E-state index in [1.807, 2.05) is 66.7 Å². The van der Waals surface area contributed by atoms with Gasteiger partial charge in [0.2, 0.25) is 0 Å². The van der Waals surface area contributed by atoms with Crippen molar-refractivity contribution in [2.75, 3.05) is 14.2 Å². The number of hydrogen-bond donors (Lipinski definition) is 0. The summed E-state index contributed by atoms with van der Waals surface area (Å²) in [5.41, 5.74) is 2.45. The number of ether oxygens (including phenoxy) is 4. The molecule has 29 heavy (non-hydrogen) atoms. The van der Waals surface area contributed by atoms with Crippen LogP contribution in [0.2, 0.25) is 0 Å². The Morgan fingerprint density at radius 2 is 1.59 bits per heavy atom. The van der Waals surface area contributed by atoms with Crippen LogP contribution < -0.4 is 14.2 Å². The third-order valence-electron chi connectivity index (χ3n) is 4.88. The number of carbonyl (C=O) groups is 1. The van der Waals surface area contributed by atoms with Gasteiger partial charge in [-0.2, -0.15) is 0 Å². The standard InChI is InChI=1S/C24H22O5/c1-26-20-13-12-17(14-21(20)27-2)23-24(29-23)22(25)18-10-6-7-11-19(18)28-15-16-8-4-3-5-9-16/h3-14,23-24H,15H2,1-2H3/t23-,24-/m0/s1. The van der Waals surface area contributed by atoms with Gasteiger partial charge in [0, 0.05) is 0 Å². The first kappa shape index (κ1) is 19.0. The minimum absolute atomic E-state index is 0.0894. The van der Waals surface area contributed by atoms with Crippen LogP contribution in [0.25, 0.3) is 0 Å². The van der Waals surface area contributed by atoms with Gasteiger partial charge in [-0.15, -0.1) is 0 Å². The van der Waals surface area contributed by atoms with E-state index in [-0.39, 0.29) is 11.9 Å². The smallest absolute Gasteiger partial charge is 0.198 e. The fourth-order valence-electron chi connectivity index (χ4n) is 3.28. The number of para-hydroxylation sites is 1. The molecular weight excluding hydrogens is 368 g/mol. The Labute approximate surface area is 169 Å². The van der Waals surface area contributed by atoms with Crippen molar-refractivity contribution >= 4 is 5.78 Å². The maximum absolute atomic E-state index is 13.0. The highest BCUT2D eigenvalue weighted by molar-refractivity contribution is 6.03. The van der Waals surface area contributed by atoms with E-state index in [0.717, 1.165) is 11.1 Å². The molecule has 0 N–H and O–H groups in total. The summed E-state index contributed by atoms with van der Waals surface area (Å²) in [6.07, 6.45) is -0.834. The molecular formula is C24H22O5. The number of hydrogen-bond acceptors (Lipinski definition) is 5. The van der Waals surface area contributed by atoms with Crippen molar-refractivity contribution in [2.24, 2.45) is 0 Å². The van der Waals surface area contributed by atoms with Crippen LogP contribution in [0.1, 0.15) is 27.6 Å². The molecule has 4 rings (SSSR count). The summed E-state index contributed by atoms with van der Waals surface area (Å²) in [5.74, 6) is 1.72. The summed E-state index contributed by atoms with van der Waals surface area (Å²) in [5, 5.41) is 0. The van der Waals surface area contributed by atoms with Crippen LogP contribution in [-0.4, -0.2) is 26.1 Å². The monoisotopic (exact) mass is 390 g/mol. The zero-order chi connectivity index (χ0) is 20.2. The van der Waals surface area contributed by atoms with Crippen LogP contribution in [0.15, 0.2) is 72.8 Å². The molecule has 0 saturated carbocycles. The molecule has 0 aromatic heterocycles. The zero-order valence-corrected chi connectivity index (χ0v) is 16.3. The Morgan fingerprint density at radius 1 is 0.862 bits per heavy atom. The highest BCUT2D eigenvalue weighted by Gasteiger charge is 2.47. The van der Waals surface area contributed by atoms with Crippen LogP contribution >= 0.6 is 0 Å². The van der Waals surface area contributed by atoms with E-state index in [1.165, 1.54) is 0 Å². The molecule has 1 saturated heterocycles. The van der Waals surface area contributed by atoms with E-state index >= 15 is 0 Å². The molecule has 5 nitrogen and oxygen atoms in total. The van der Waals surface area contributed by atoms with Crippen molar-refractivity contribution < 1.29 is 23.7 Å². The predicted octanol–water partition coefficient (Wildman–Crippen LogP) is 4.61. The molecule has 0 bridgehead atoms. The second-order valence-electron chi connectivity index (χ2n) is 6.73. The van der Waals surface area contributed by atoms with Gasteiger partial charge in [0.25, 0.3) is 0 Å². The highest BCUT2D eigenvalue weighted by Crippen LogP contribution is 2.44. The van der Waals surface area contributed by atoms with E-state index in [1.54, 1.807) is 20.3 Å². The SMILES string of the molecule is COc1ccc([C@@H]2O[C@H]2C(=O)c2ccccc2OCc2ccccc2)cc1OC. The molecule has 1 fully saturated rings. The van der Waals surface area contributed by atoms with Gasteiger partial charge in [0.05, 0.1) is 19.8 Å². The Hall–Kier alpha value is -3.31. The summed E-state index contributed by atoms with van der Waals surface area (Å²) in [4.78, 5) is 13.0. The average molecular weight is 390 g/mol. The van der Waals surface area contributed by atoms with Crippen LogP contribution in [0.3, 0.4) is 0 Å². The molecule has 5 heteroatoms. The normalized spacial score (nSPS) is 17.4. The van der Waals surface area contributed by atoms with Crippen molar-refractivity contribution in [3.8, 4) is 17.2 Å². The predicted molar refractivity (Wildman–Crippen MR) is 109 cm³/mol. The highest BCUT2D eigenvalue weighted by atomic mass is 16.6. The molecule has 0 spiro atoms. The fourth-order valence-corrected chi connectivity index (χ4v) is 3.28. The second-order valence-corrected chi connectivity index (χ2v) is 6.73. The van der Waals surface area contributed by atoms with Crippen LogP contribution in [0, 0.1) is 0 Å². The number of methoxy groups -OCH3 is 2. The van der Waals surface area contributed by atoms with E-state index in [9.17, 15) is 4.79 Å². The van der Waals surface area contributed by atoms with Crippen molar-refractivity contribution in [3.05, 3.63) is 89.5 Å². The van der Waals surface area contributed by atoms with Gasteiger partial charge in [0.15, 0.2) is 23.4 Å². The minimum atomic E-state index is -0.533. The summed E-state index contributed by atoms with van der Waals surface area (Å²) < 4.78 is 22.2. The van der Waals surface area contributed by atoms with Gasteiger partial charge >= 0.3 is 0 Å². The van der Waals surface area contributed by atoms with E-state index < -0.39 is 6.10 Å². The van der Waals surface area contributed by atoms with Gasteiger partial charge in [-0.05, 0) is 35.4 Å². The van der Waals surface area contributed by atoms with Crippen LogP contribution in [-0.2, 0) is 11.3 Å². The second kappa shape index (κ2) is 8.37. The molecule has 1 aliphatic rings. The fraction of sp³-hybridized carbons (Fsp3) is 0.208. The Kier molecular flexibility index (Phi) is 5.49. The molecule has 0 radical (unpaired) electrons. The van der Waals surface area contributed by atoms with Crippen molar-refractivity contribution in [1.29, 1.82) is 0 Å². The molecule has 0 amide bonds. The van der Waals surface area contributed by atoms with Crippen molar-refractivity contribution in [1.82, 2.24) is 0 Å². The minimum Gasteiger partial charge on any atom is -0.493 e. The largest absolute Gasteiger partial charge is 0.493 e. The number of benzene rings is 3. The van der Waals surface area contributed by atoms with Crippen LogP contribution in [0.5, 0.6) is 17.2 Å². The van der Waals surface area contributed by atoms with Gasteiger partial charge in [0.1, 0.15) is 18.5 Å². The van der Waals surface area contributed by atoms with E-state index in [0.29, 0.717) is 29.4 Å². The molecule has 0 aliphatic carbocycles. The lowest BCUT2D eigenvalue weighted by molar-refractivity contribution is 0.0949. The van der Waals surface area contributed by atoms with E-state index in [4.69, 9.17) is 18.9 Å². The molecule has 2 atom stereocenters. The lowest BCUT2D eigenvalue weighted by Crippen LogP contribution is -2.11. The van der Waals surface area contributed by atoms with Crippen molar-refractivity contribution in [3.63, 3.8) is 0 Å². The van der Waals surface area contributed by atoms with Gasteiger partial charge in [-0.3, -0.25) is 4.79 Å². The first-order chi connectivity index (χ1) is 14.2. The Balaban J connectivity index is 1.48. The first-order valence-electron chi connectivity index (χ1n) is 9.38. The number of epoxide rings is 1. The number of rotatable bonds is 8. The Bertz CT molecular complexity index is 999. The molecule has 3 aromatic carbocycles. The molecule has 3 aromatic rings. The average Bonchev–Trinajstić information content (AvgIpc) is 3.58. The molecule has 148 valence electrons. The molecule has 0 unspecified atom stereocenters. The number of Topliss-reactive ketones (excluding diaryl/α,β-unsaturated/α-hetero) is 1. The summed E-state index contributed by atoms with van der Waals surface area (Å²) in [6, 6.07) is 22.7. The van der Waals surface area contributed by atoms with E-state index in [2.05, 4.69) is 0 Å². The molecule has 1 heterocycles. The lowest BCUT2D eigenvalue weighted by atomic mass is 10.0. The number of ketones is 1. The summed E-state index contributed by atoms with van der Waals surface area (Å²) >= 11 is 0. The lowest BCUT2D eigenvalue weighted by Gasteiger charge is -2.10. The molecule has 1 aliphatic heterocycles. The van der Waals surface area contributed by atoms with Crippen LogP contribution in [0.4, 0.5) is 0 Å². The topological polar surface area (TPSA) is 57.3 Å². The van der Waals surface area contributed by atoms with Gasteiger partial charge in [-0.25, -0.2) is 0 Å². The third-order valence-corrected chi connectivity index (χ3v) is 4.88.